The number of rotatable bonds is 3. The van der Waals surface area contributed by atoms with Gasteiger partial charge in [0.05, 0.1) is 0 Å². The minimum absolute atomic E-state index is 0.0521. The fraction of sp³-hybridized carbons (Fsp3) is 0.462. The van der Waals surface area contributed by atoms with E-state index in [1.54, 1.807) is 4.90 Å². The van der Waals surface area contributed by atoms with Crippen molar-refractivity contribution in [3.05, 3.63) is 29.8 Å². The van der Waals surface area contributed by atoms with Crippen molar-refractivity contribution >= 4 is 23.2 Å². The molecule has 1 aliphatic rings. The van der Waals surface area contributed by atoms with Gasteiger partial charge in [-0.1, -0.05) is 19.1 Å². The molecule has 0 aromatic heterocycles. The molecule has 2 rings (SSSR count). The zero-order valence-electron chi connectivity index (χ0n) is 9.77. The van der Waals surface area contributed by atoms with Crippen LogP contribution in [-0.4, -0.2) is 29.5 Å². The Hall–Kier alpha value is -1.06. The Labute approximate surface area is 106 Å². The maximum atomic E-state index is 11.9. The summed E-state index contributed by atoms with van der Waals surface area (Å²) in [6.45, 7) is 2.53. The highest BCUT2D eigenvalue weighted by molar-refractivity contribution is 6.34. The van der Waals surface area contributed by atoms with E-state index in [1.165, 1.54) is 5.56 Å². The fourth-order valence-corrected chi connectivity index (χ4v) is 2.34. The van der Waals surface area contributed by atoms with Gasteiger partial charge in [0.2, 0.25) is 5.91 Å². The van der Waals surface area contributed by atoms with E-state index < -0.39 is 5.38 Å². The lowest BCUT2D eigenvalue weighted by Crippen LogP contribution is -2.27. The van der Waals surface area contributed by atoms with Gasteiger partial charge in [0, 0.05) is 24.8 Å². The molecule has 1 N–H and O–H groups in total. The molecule has 4 heteroatoms. The van der Waals surface area contributed by atoms with Gasteiger partial charge in [0.1, 0.15) is 5.38 Å². The normalized spacial score (nSPS) is 24.4. The summed E-state index contributed by atoms with van der Waals surface area (Å²) in [4.78, 5) is 13.6. The van der Waals surface area contributed by atoms with Crippen molar-refractivity contribution in [3.8, 4) is 0 Å². The van der Waals surface area contributed by atoms with Crippen LogP contribution in [0.15, 0.2) is 24.3 Å². The van der Waals surface area contributed by atoms with Crippen molar-refractivity contribution in [2.75, 3.05) is 18.1 Å². The monoisotopic (exact) mass is 253 g/mol. The first-order chi connectivity index (χ1) is 8.17. The largest absolute Gasteiger partial charge is 0.396 e. The van der Waals surface area contributed by atoms with Crippen LogP contribution in [-0.2, 0) is 11.2 Å². The molecule has 2 atom stereocenters. The van der Waals surface area contributed by atoms with Crippen LogP contribution < -0.4 is 4.90 Å². The summed E-state index contributed by atoms with van der Waals surface area (Å²) >= 11 is 5.98. The highest BCUT2D eigenvalue weighted by Crippen LogP contribution is 2.28. The molecule has 1 heterocycles. The summed E-state index contributed by atoms with van der Waals surface area (Å²) in [5.41, 5.74) is 2.09. The Morgan fingerprint density at radius 1 is 1.41 bits per heavy atom. The highest BCUT2D eigenvalue weighted by atomic mass is 35.5. The average Bonchev–Trinajstić information content (AvgIpc) is 2.66. The number of hydrogen-bond donors (Lipinski definition) is 1. The van der Waals surface area contributed by atoms with Gasteiger partial charge >= 0.3 is 0 Å². The van der Waals surface area contributed by atoms with Gasteiger partial charge in [0.25, 0.3) is 0 Å². The van der Waals surface area contributed by atoms with Gasteiger partial charge in [-0.3, -0.25) is 4.79 Å². The molecule has 3 nitrogen and oxygen atoms in total. The number of amides is 1. The van der Waals surface area contributed by atoms with Crippen LogP contribution in [0.5, 0.6) is 0 Å². The van der Waals surface area contributed by atoms with E-state index in [2.05, 4.69) is 6.92 Å². The quantitative estimate of drug-likeness (QED) is 0.835. The molecule has 0 bridgehead atoms. The molecule has 1 amide bonds. The topological polar surface area (TPSA) is 40.5 Å². The second-order valence-electron chi connectivity index (χ2n) is 4.31. The summed E-state index contributed by atoms with van der Waals surface area (Å²) in [6.07, 6.45) is 0.978. The van der Waals surface area contributed by atoms with E-state index in [1.807, 2.05) is 24.3 Å². The predicted molar refractivity (Wildman–Crippen MR) is 68.4 cm³/mol. The minimum atomic E-state index is -0.606. The number of hydrogen-bond acceptors (Lipinski definition) is 2. The molecule has 17 heavy (non-hydrogen) atoms. The van der Waals surface area contributed by atoms with Gasteiger partial charge in [-0.05, 0) is 24.1 Å². The smallest absolute Gasteiger partial charge is 0.245 e. The number of carbonyl (C=O) groups excluding carboxylic acids is 1. The van der Waals surface area contributed by atoms with E-state index in [-0.39, 0.29) is 18.4 Å². The summed E-state index contributed by atoms with van der Waals surface area (Å²) in [5.74, 6) is -0.287. The Morgan fingerprint density at radius 2 is 2.06 bits per heavy atom. The molecule has 1 aromatic rings. The summed E-state index contributed by atoms with van der Waals surface area (Å²) in [5, 5.41) is 8.53. The zero-order valence-corrected chi connectivity index (χ0v) is 10.5. The van der Waals surface area contributed by atoms with Gasteiger partial charge < -0.3 is 10.0 Å². The Balaban J connectivity index is 2.20. The van der Waals surface area contributed by atoms with Crippen LogP contribution >= 0.6 is 11.6 Å². The summed E-state index contributed by atoms with van der Waals surface area (Å²) in [7, 11) is 0. The molecule has 0 unspecified atom stereocenters. The zero-order chi connectivity index (χ0) is 12.4. The van der Waals surface area contributed by atoms with Crippen LogP contribution in [0.1, 0.15) is 12.5 Å². The van der Waals surface area contributed by atoms with Crippen molar-refractivity contribution in [1.82, 2.24) is 0 Å². The number of aliphatic hydroxyl groups is 1. The molecule has 1 saturated heterocycles. The lowest BCUT2D eigenvalue weighted by atomic mass is 10.1. The molecular weight excluding hydrogens is 238 g/mol. The first-order valence-corrected chi connectivity index (χ1v) is 6.26. The Kier molecular flexibility index (Phi) is 3.69. The third-order valence-electron chi connectivity index (χ3n) is 3.22. The number of nitrogens with zero attached hydrogens (tertiary/aromatic N) is 1. The molecule has 1 fully saturated rings. The molecule has 0 radical (unpaired) electrons. The number of alkyl halides is 1. The number of halogens is 1. The van der Waals surface area contributed by atoms with Crippen LogP contribution in [0.3, 0.4) is 0 Å². The van der Waals surface area contributed by atoms with E-state index in [0.29, 0.717) is 6.54 Å². The van der Waals surface area contributed by atoms with Crippen LogP contribution in [0.2, 0.25) is 0 Å². The predicted octanol–water partition coefficient (Wildman–Crippen LogP) is 1.81. The van der Waals surface area contributed by atoms with Gasteiger partial charge in [-0.2, -0.15) is 0 Å². The van der Waals surface area contributed by atoms with Crippen LogP contribution in [0.4, 0.5) is 5.69 Å². The lowest BCUT2D eigenvalue weighted by molar-refractivity contribution is -0.117. The molecule has 1 aliphatic heterocycles. The van der Waals surface area contributed by atoms with E-state index in [4.69, 9.17) is 16.7 Å². The maximum absolute atomic E-state index is 11.9. The third kappa shape index (κ3) is 2.31. The summed E-state index contributed by atoms with van der Waals surface area (Å²) < 4.78 is 0. The number of benzene rings is 1. The Morgan fingerprint density at radius 3 is 2.53 bits per heavy atom. The second-order valence-corrected chi connectivity index (χ2v) is 4.78. The molecule has 0 spiro atoms. The third-order valence-corrected chi connectivity index (χ3v) is 3.77. The molecule has 92 valence electrons. The van der Waals surface area contributed by atoms with E-state index >= 15 is 0 Å². The molecule has 0 saturated carbocycles. The van der Waals surface area contributed by atoms with Gasteiger partial charge in [-0.15, -0.1) is 11.6 Å². The van der Waals surface area contributed by atoms with Crippen molar-refractivity contribution in [1.29, 1.82) is 0 Å². The molecule has 0 aliphatic carbocycles. The van der Waals surface area contributed by atoms with E-state index in [9.17, 15) is 4.79 Å². The van der Waals surface area contributed by atoms with E-state index in [0.717, 1.165) is 12.1 Å². The standard InChI is InChI=1S/C13H16ClNO2/c1-2-9-3-5-11(6-4-9)15-7-10(8-16)12(14)13(15)17/h3-6,10,12,16H,2,7-8H2,1H3/t10-,12+/m0/s1. The fourth-order valence-electron chi connectivity index (χ4n) is 2.06. The number of aliphatic hydroxyl groups excluding tert-OH is 1. The van der Waals surface area contributed by atoms with Crippen molar-refractivity contribution < 1.29 is 9.90 Å². The highest BCUT2D eigenvalue weighted by Gasteiger charge is 2.39. The maximum Gasteiger partial charge on any atom is 0.245 e. The number of anilines is 1. The first-order valence-electron chi connectivity index (χ1n) is 5.82. The minimum Gasteiger partial charge on any atom is -0.396 e. The van der Waals surface area contributed by atoms with Crippen LogP contribution in [0, 0.1) is 5.92 Å². The van der Waals surface area contributed by atoms with Crippen molar-refractivity contribution in [2.24, 2.45) is 5.92 Å². The molecule has 1 aromatic carbocycles. The van der Waals surface area contributed by atoms with Crippen molar-refractivity contribution in [2.45, 2.75) is 18.7 Å². The average molecular weight is 254 g/mol. The van der Waals surface area contributed by atoms with Gasteiger partial charge in [-0.25, -0.2) is 0 Å². The van der Waals surface area contributed by atoms with Crippen LogP contribution in [0.25, 0.3) is 0 Å². The second kappa shape index (κ2) is 5.07. The number of aryl methyl sites for hydroxylation is 1. The summed E-state index contributed by atoms with van der Waals surface area (Å²) in [6, 6.07) is 7.89. The first kappa shape index (κ1) is 12.4. The lowest BCUT2D eigenvalue weighted by Gasteiger charge is -2.16. The van der Waals surface area contributed by atoms with Crippen molar-refractivity contribution in [3.63, 3.8) is 0 Å². The molecular formula is C13H16ClNO2. The number of carbonyl (C=O) groups is 1. The SMILES string of the molecule is CCc1ccc(N2C[C@@H](CO)[C@@H](Cl)C2=O)cc1. The Bertz CT molecular complexity index is 404. The van der Waals surface area contributed by atoms with Gasteiger partial charge in [0.15, 0.2) is 0 Å².